The van der Waals surface area contributed by atoms with Crippen LogP contribution in [-0.4, -0.2) is 25.7 Å². The van der Waals surface area contributed by atoms with Crippen LogP contribution < -0.4 is 5.32 Å². The molecule has 0 bridgehead atoms. The highest BCUT2D eigenvalue weighted by atomic mass is 19.4. The Balaban J connectivity index is 1.79. The molecule has 0 radical (unpaired) electrons. The Morgan fingerprint density at radius 1 is 1.10 bits per heavy atom. The van der Waals surface area contributed by atoms with Gasteiger partial charge in [0, 0.05) is 17.7 Å². The van der Waals surface area contributed by atoms with Crippen LogP contribution >= 0.6 is 0 Å². The van der Waals surface area contributed by atoms with E-state index in [0.29, 0.717) is 15.8 Å². The Morgan fingerprint density at radius 2 is 1.83 bits per heavy atom. The van der Waals surface area contributed by atoms with Crippen LogP contribution in [-0.2, 0) is 6.18 Å². The maximum Gasteiger partial charge on any atom is 0.433 e. The lowest BCUT2D eigenvalue weighted by molar-refractivity contribution is -0.142. The summed E-state index contributed by atoms with van der Waals surface area (Å²) in [7, 11) is 0. The molecule has 0 fully saturated rings. The van der Waals surface area contributed by atoms with Crippen molar-refractivity contribution in [3.8, 4) is 11.3 Å². The van der Waals surface area contributed by atoms with Crippen molar-refractivity contribution in [2.45, 2.75) is 20.0 Å². The van der Waals surface area contributed by atoms with E-state index in [1.54, 1.807) is 31.2 Å². The first-order valence-corrected chi connectivity index (χ1v) is 8.50. The first-order valence-electron chi connectivity index (χ1n) is 8.50. The maximum atomic E-state index is 13.6. The summed E-state index contributed by atoms with van der Waals surface area (Å²) in [6.07, 6.45) is -4.69. The van der Waals surface area contributed by atoms with E-state index in [1.807, 2.05) is 6.92 Å². The van der Waals surface area contributed by atoms with Gasteiger partial charge in [-0.15, -0.1) is 0 Å². The van der Waals surface area contributed by atoms with Crippen molar-refractivity contribution in [3.63, 3.8) is 0 Å². The van der Waals surface area contributed by atoms with Gasteiger partial charge in [-0.1, -0.05) is 35.0 Å². The number of amides is 1. The van der Waals surface area contributed by atoms with Crippen LogP contribution in [0.4, 0.5) is 19.0 Å². The predicted octanol–water partition coefficient (Wildman–Crippen LogP) is 4.27. The number of alkyl halides is 3. The van der Waals surface area contributed by atoms with Gasteiger partial charge in [-0.25, -0.2) is 9.50 Å². The predicted molar refractivity (Wildman–Crippen MR) is 97.4 cm³/mol. The number of anilines is 1. The van der Waals surface area contributed by atoms with Gasteiger partial charge in [0.15, 0.2) is 22.9 Å². The number of aromatic nitrogens is 4. The summed E-state index contributed by atoms with van der Waals surface area (Å²) in [6.45, 7) is 3.51. The molecule has 10 heteroatoms. The van der Waals surface area contributed by atoms with E-state index in [1.165, 1.54) is 12.1 Å². The monoisotopic (exact) mass is 401 g/mol. The first-order chi connectivity index (χ1) is 13.7. The fraction of sp³-hybridized carbons (Fsp3) is 0.158. The third-order valence-electron chi connectivity index (χ3n) is 4.17. The number of carbonyl (C=O) groups is 1. The molecule has 1 amide bonds. The lowest BCUT2D eigenvalue weighted by Gasteiger charge is -2.11. The van der Waals surface area contributed by atoms with E-state index >= 15 is 0 Å². The molecule has 0 spiro atoms. The third-order valence-corrected chi connectivity index (χ3v) is 4.17. The highest BCUT2D eigenvalue weighted by Crippen LogP contribution is 2.32. The number of nitrogens with one attached hydrogen (secondary N) is 1. The molecule has 3 aromatic heterocycles. The van der Waals surface area contributed by atoms with Crippen LogP contribution in [0.5, 0.6) is 0 Å². The molecule has 0 aliphatic rings. The van der Waals surface area contributed by atoms with Crippen LogP contribution in [0.25, 0.3) is 16.9 Å². The number of aryl methyl sites for hydroxylation is 2. The van der Waals surface area contributed by atoms with Crippen LogP contribution in [0.15, 0.2) is 47.0 Å². The quantitative estimate of drug-likeness (QED) is 0.554. The molecule has 148 valence electrons. The van der Waals surface area contributed by atoms with Crippen molar-refractivity contribution < 1.29 is 22.5 Å². The normalized spacial score (nSPS) is 11.8. The molecule has 1 N–H and O–H groups in total. The summed E-state index contributed by atoms with van der Waals surface area (Å²) in [5, 5.41) is 9.83. The van der Waals surface area contributed by atoms with Gasteiger partial charge in [0.05, 0.1) is 5.69 Å². The van der Waals surface area contributed by atoms with Crippen molar-refractivity contribution >= 4 is 17.4 Å². The van der Waals surface area contributed by atoms with E-state index in [2.05, 4.69) is 20.6 Å². The Hall–Kier alpha value is -3.69. The van der Waals surface area contributed by atoms with Gasteiger partial charge in [-0.05, 0) is 19.9 Å². The average molecular weight is 401 g/mol. The molecule has 7 nitrogen and oxygen atoms in total. The van der Waals surface area contributed by atoms with Crippen molar-refractivity contribution in [2.24, 2.45) is 0 Å². The number of nitrogens with zero attached hydrogens (tertiary/aromatic N) is 4. The van der Waals surface area contributed by atoms with E-state index in [0.717, 1.165) is 11.6 Å². The zero-order valence-electron chi connectivity index (χ0n) is 15.3. The standard InChI is InChI=1S/C19H14F3N5O2/c1-10-3-5-12(6-4-10)13-8-15(19(20,21)22)27-17(23-13)9-14(25-27)18(28)24-16-7-11(2)29-26-16/h3-9H,1-2H3,(H,24,26,28). The summed E-state index contributed by atoms with van der Waals surface area (Å²) in [5.41, 5.74) is 0.256. The number of fused-ring (bicyclic) bond motifs is 1. The van der Waals surface area contributed by atoms with Crippen molar-refractivity contribution in [2.75, 3.05) is 5.32 Å². The lowest BCUT2D eigenvalue weighted by atomic mass is 10.1. The van der Waals surface area contributed by atoms with Gasteiger partial charge in [-0.2, -0.15) is 18.3 Å². The molecule has 0 aliphatic carbocycles. The average Bonchev–Trinajstić information content (AvgIpc) is 3.26. The minimum absolute atomic E-state index is 0.100. The minimum Gasteiger partial charge on any atom is -0.360 e. The number of hydrogen-bond donors (Lipinski definition) is 1. The molecule has 1 aromatic carbocycles. The zero-order chi connectivity index (χ0) is 20.8. The molecule has 0 saturated heterocycles. The second-order valence-electron chi connectivity index (χ2n) is 6.47. The van der Waals surface area contributed by atoms with Crippen LogP contribution in [0.2, 0.25) is 0 Å². The SMILES string of the molecule is Cc1ccc(-c2cc(C(F)(F)F)n3nc(C(=O)Nc4cc(C)on4)cc3n2)cc1. The van der Waals surface area contributed by atoms with Crippen molar-refractivity contribution in [1.29, 1.82) is 0 Å². The summed E-state index contributed by atoms with van der Waals surface area (Å²) in [4.78, 5) is 16.6. The molecular formula is C19H14F3N5O2. The van der Waals surface area contributed by atoms with Crippen LogP contribution in [0.3, 0.4) is 0 Å². The fourth-order valence-corrected chi connectivity index (χ4v) is 2.77. The second kappa shape index (κ2) is 6.73. The Bertz CT molecular complexity index is 1210. The van der Waals surface area contributed by atoms with Crippen molar-refractivity contribution in [3.05, 3.63) is 65.2 Å². The second-order valence-corrected chi connectivity index (χ2v) is 6.47. The van der Waals surface area contributed by atoms with Gasteiger partial charge >= 0.3 is 6.18 Å². The Kier molecular flexibility index (Phi) is 4.33. The molecule has 0 aliphatic heterocycles. The van der Waals surface area contributed by atoms with Crippen molar-refractivity contribution in [1.82, 2.24) is 19.8 Å². The molecule has 4 aromatic rings. The zero-order valence-corrected chi connectivity index (χ0v) is 15.3. The van der Waals surface area contributed by atoms with E-state index < -0.39 is 17.8 Å². The topological polar surface area (TPSA) is 85.3 Å². The molecule has 3 heterocycles. The summed E-state index contributed by atoms with van der Waals surface area (Å²) in [6, 6.07) is 10.5. The Morgan fingerprint density at radius 3 is 2.45 bits per heavy atom. The van der Waals surface area contributed by atoms with Crippen LogP contribution in [0.1, 0.15) is 27.5 Å². The molecule has 0 saturated carbocycles. The molecule has 0 unspecified atom stereocenters. The smallest absolute Gasteiger partial charge is 0.360 e. The summed E-state index contributed by atoms with van der Waals surface area (Å²) >= 11 is 0. The molecule has 0 atom stereocenters. The molecule has 29 heavy (non-hydrogen) atoms. The number of carbonyl (C=O) groups excluding carboxylic acids is 1. The largest absolute Gasteiger partial charge is 0.433 e. The first kappa shape index (κ1) is 18.7. The lowest BCUT2D eigenvalue weighted by Crippen LogP contribution is -2.15. The van der Waals surface area contributed by atoms with E-state index in [4.69, 9.17) is 4.52 Å². The number of rotatable bonds is 3. The fourth-order valence-electron chi connectivity index (χ4n) is 2.77. The van der Waals surface area contributed by atoms with Gasteiger partial charge in [0.25, 0.3) is 5.91 Å². The van der Waals surface area contributed by atoms with E-state index in [9.17, 15) is 18.0 Å². The number of halogens is 3. The number of benzene rings is 1. The number of hydrogen-bond acceptors (Lipinski definition) is 5. The molecular weight excluding hydrogens is 387 g/mol. The van der Waals surface area contributed by atoms with Gasteiger partial charge in [0.2, 0.25) is 0 Å². The van der Waals surface area contributed by atoms with Crippen LogP contribution in [0, 0.1) is 13.8 Å². The highest BCUT2D eigenvalue weighted by molar-refractivity contribution is 6.03. The Labute approximate surface area is 162 Å². The van der Waals surface area contributed by atoms with E-state index in [-0.39, 0.29) is 22.9 Å². The maximum absolute atomic E-state index is 13.6. The van der Waals surface area contributed by atoms with Gasteiger partial charge in [-0.3, -0.25) is 4.79 Å². The third kappa shape index (κ3) is 3.68. The highest BCUT2D eigenvalue weighted by Gasteiger charge is 2.35. The van der Waals surface area contributed by atoms with Gasteiger partial charge in [0.1, 0.15) is 5.76 Å². The van der Waals surface area contributed by atoms with Gasteiger partial charge < -0.3 is 9.84 Å². The minimum atomic E-state index is -4.69. The summed E-state index contributed by atoms with van der Waals surface area (Å²) in [5.74, 6) is -0.123. The molecule has 4 rings (SSSR count). The summed E-state index contributed by atoms with van der Waals surface area (Å²) < 4.78 is 46.3.